The highest BCUT2D eigenvalue weighted by Crippen LogP contribution is 2.33. The Labute approximate surface area is 54.7 Å². The SMILES string of the molecule is CC(=O)/C=C/C1(N)CC1. The zero-order valence-electron chi connectivity index (χ0n) is 5.55. The molecule has 1 rings (SSSR count). The van der Waals surface area contributed by atoms with Gasteiger partial charge in [0.2, 0.25) is 0 Å². The molecule has 1 aliphatic rings. The van der Waals surface area contributed by atoms with Gasteiger partial charge in [0.15, 0.2) is 5.78 Å². The molecule has 2 nitrogen and oxygen atoms in total. The van der Waals surface area contributed by atoms with Crippen molar-refractivity contribution in [1.29, 1.82) is 0 Å². The normalized spacial score (nSPS) is 22.4. The van der Waals surface area contributed by atoms with E-state index < -0.39 is 0 Å². The van der Waals surface area contributed by atoms with Gasteiger partial charge in [0, 0.05) is 5.54 Å². The molecule has 0 atom stereocenters. The largest absolute Gasteiger partial charge is 0.322 e. The Hall–Kier alpha value is -0.630. The zero-order valence-corrected chi connectivity index (χ0v) is 5.55. The summed E-state index contributed by atoms with van der Waals surface area (Å²) in [7, 11) is 0. The van der Waals surface area contributed by atoms with E-state index in [0.29, 0.717) is 0 Å². The van der Waals surface area contributed by atoms with Crippen molar-refractivity contribution in [1.82, 2.24) is 0 Å². The summed E-state index contributed by atoms with van der Waals surface area (Å²) in [6, 6.07) is 0. The number of ketones is 1. The second kappa shape index (κ2) is 1.95. The Morgan fingerprint density at radius 3 is 2.56 bits per heavy atom. The van der Waals surface area contributed by atoms with Crippen LogP contribution in [0.3, 0.4) is 0 Å². The van der Waals surface area contributed by atoms with Crippen LogP contribution in [0.15, 0.2) is 12.2 Å². The summed E-state index contributed by atoms with van der Waals surface area (Å²) in [4.78, 5) is 10.4. The number of allylic oxidation sites excluding steroid dienone is 1. The zero-order chi connectivity index (χ0) is 6.91. The van der Waals surface area contributed by atoms with Crippen molar-refractivity contribution in [2.75, 3.05) is 0 Å². The molecule has 0 bridgehead atoms. The van der Waals surface area contributed by atoms with E-state index in [4.69, 9.17) is 5.73 Å². The average Bonchev–Trinajstić information content (AvgIpc) is 2.45. The Kier molecular flexibility index (Phi) is 1.41. The lowest BCUT2D eigenvalue weighted by Crippen LogP contribution is -2.17. The average molecular weight is 125 g/mol. The van der Waals surface area contributed by atoms with Crippen molar-refractivity contribution in [2.24, 2.45) is 5.73 Å². The van der Waals surface area contributed by atoms with E-state index in [-0.39, 0.29) is 11.3 Å². The first-order valence-electron chi connectivity index (χ1n) is 3.11. The van der Waals surface area contributed by atoms with Crippen LogP contribution in [0.4, 0.5) is 0 Å². The molecule has 0 heterocycles. The van der Waals surface area contributed by atoms with E-state index in [0.717, 1.165) is 12.8 Å². The van der Waals surface area contributed by atoms with Crippen LogP contribution in [-0.2, 0) is 4.79 Å². The molecule has 2 heteroatoms. The van der Waals surface area contributed by atoms with Crippen LogP contribution in [0.5, 0.6) is 0 Å². The second-order valence-electron chi connectivity index (χ2n) is 2.68. The lowest BCUT2D eigenvalue weighted by Gasteiger charge is -1.95. The highest BCUT2D eigenvalue weighted by molar-refractivity contribution is 5.87. The number of hydrogen-bond donors (Lipinski definition) is 1. The van der Waals surface area contributed by atoms with E-state index in [1.807, 2.05) is 0 Å². The summed E-state index contributed by atoms with van der Waals surface area (Å²) < 4.78 is 0. The van der Waals surface area contributed by atoms with E-state index in [1.165, 1.54) is 6.92 Å². The Balaban J connectivity index is 2.40. The van der Waals surface area contributed by atoms with Crippen LogP contribution in [0.2, 0.25) is 0 Å². The minimum absolute atomic E-state index is 0.0757. The van der Waals surface area contributed by atoms with Crippen LogP contribution in [-0.4, -0.2) is 11.3 Å². The third-order valence-corrected chi connectivity index (χ3v) is 1.48. The predicted molar refractivity (Wildman–Crippen MR) is 36.0 cm³/mol. The summed E-state index contributed by atoms with van der Waals surface area (Å²) in [5.74, 6) is 0.0757. The van der Waals surface area contributed by atoms with Crippen molar-refractivity contribution in [2.45, 2.75) is 25.3 Å². The molecule has 1 aliphatic carbocycles. The molecule has 0 unspecified atom stereocenters. The first-order chi connectivity index (χ1) is 4.12. The number of rotatable bonds is 2. The lowest BCUT2D eigenvalue weighted by molar-refractivity contribution is -0.112. The topological polar surface area (TPSA) is 43.1 Å². The van der Waals surface area contributed by atoms with Crippen LogP contribution >= 0.6 is 0 Å². The Morgan fingerprint density at radius 2 is 2.22 bits per heavy atom. The van der Waals surface area contributed by atoms with Crippen LogP contribution < -0.4 is 5.73 Å². The molecule has 0 spiro atoms. The summed E-state index contributed by atoms with van der Waals surface area (Å²) >= 11 is 0. The minimum Gasteiger partial charge on any atom is -0.322 e. The fourth-order valence-corrected chi connectivity index (χ4v) is 0.594. The lowest BCUT2D eigenvalue weighted by atomic mass is 10.2. The molecule has 2 N–H and O–H groups in total. The molecular formula is C7H11NO. The molecule has 0 aliphatic heterocycles. The minimum atomic E-state index is -0.119. The quantitative estimate of drug-likeness (QED) is 0.550. The van der Waals surface area contributed by atoms with Gasteiger partial charge in [0.1, 0.15) is 0 Å². The maximum absolute atomic E-state index is 10.4. The van der Waals surface area contributed by atoms with Gasteiger partial charge in [-0.3, -0.25) is 4.79 Å². The third kappa shape index (κ3) is 1.98. The highest BCUT2D eigenvalue weighted by Gasteiger charge is 2.34. The van der Waals surface area contributed by atoms with Gasteiger partial charge in [-0.15, -0.1) is 0 Å². The van der Waals surface area contributed by atoms with E-state index in [2.05, 4.69) is 0 Å². The van der Waals surface area contributed by atoms with E-state index in [9.17, 15) is 4.79 Å². The summed E-state index contributed by atoms with van der Waals surface area (Å²) in [6.07, 6.45) is 5.40. The fraction of sp³-hybridized carbons (Fsp3) is 0.571. The monoisotopic (exact) mass is 125 g/mol. The number of hydrogen-bond acceptors (Lipinski definition) is 2. The molecule has 0 saturated heterocycles. The molecule has 9 heavy (non-hydrogen) atoms. The predicted octanol–water partition coefficient (Wildman–Crippen LogP) is 0.623. The van der Waals surface area contributed by atoms with Crippen LogP contribution in [0.25, 0.3) is 0 Å². The van der Waals surface area contributed by atoms with Crippen LogP contribution in [0, 0.1) is 0 Å². The maximum Gasteiger partial charge on any atom is 0.152 e. The van der Waals surface area contributed by atoms with Crippen molar-refractivity contribution in [3.8, 4) is 0 Å². The van der Waals surface area contributed by atoms with Gasteiger partial charge in [-0.1, -0.05) is 6.08 Å². The molecule has 0 aromatic heterocycles. The standard InChI is InChI=1S/C7H11NO/c1-6(9)2-3-7(8)4-5-7/h2-3H,4-5,8H2,1H3/b3-2+. The van der Waals surface area contributed by atoms with Gasteiger partial charge in [0.05, 0.1) is 0 Å². The molecule has 1 saturated carbocycles. The van der Waals surface area contributed by atoms with Gasteiger partial charge < -0.3 is 5.73 Å². The first kappa shape index (κ1) is 6.49. The first-order valence-corrected chi connectivity index (χ1v) is 3.11. The molecule has 0 aromatic carbocycles. The fourth-order valence-electron chi connectivity index (χ4n) is 0.594. The van der Waals surface area contributed by atoms with Crippen molar-refractivity contribution < 1.29 is 4.79 Å². The van der Waals surface area contributed by atoms with Crippen LogP contribution in [0.1, 0.15) is 19.8 Å². The van der Waals surface area contributed by atoms with Gasteiger partial charge in [-0.25, -0.2) is 0 Å². The Morgan fingerprint density at radius 1 is 1.67 bits per heavy atom. The molecule has 50 valence electrons. The van der Waals surface area contributed by atoms with Gasteiger partial charge in [-0.2, -0.15) is 0 Å². The maximum atomic E-state index is 10.4. The van der Waals surface area contributed by atoms with E-state index in [1.54, 1.807) is 12.2 Å². The summed E-state index contributed by atoms with van der Waals surface area (Å²) in [5.41, 5.74) is 5.54. The van der Waals surface area contributed by atoms with Crippen molar-refractivity contribution in [3.63, 3.8) is 0 Å². The van der Waals surface area contributed by atoms with E-state index >= 15 is 0 Å². The number of carbonyl (C=O) groups excluding carboxylic acids is 1. The number of carbonyl (C=O) groups is 1. The van der Waals surface area contributed by atoms with Gasteiger partial charge in [0.25, 0.3) is 0 Å². The van der Waals surface area contributed by atoms with Gasteiger partial charge >= 0.3 is 0 Å². The highest BCUT2D eigenvalue weighted by atomic mass is 16.1. The molecule has 0 amide bonds. The summed E-state index contributed by atoms with van der Waals surface area (Å²) in [5, 5.41) is 0. The molecule has 0 aromatic rings. The number of nitrogens with two attached hydrogens (primary N) is 1. The van der Waals surface area contributed by atoms with Crippen molar-refractivity contribution >= 4 is 5.78 Å². The molecule has 0 radical (unpaired) electrons. The smallest absolute Gasteiger partial charge is 0.152 e. The van der Waals surface area contributed by atoms with Gasteiger partial charge in [-0.05, 0) is 25.8 Å². The second-order valence-corrected chi connectivity index (χ2v) is 2.68. The molecule has 1 fully saturated rings. The van der Waals surface area contributed by atoms with Crippen molar-refractivity contribution in [3.05, 3.63) is 12.2 Å². The Bertz CT molecular complexity index is 156. The summed E-state index contributed by atoms with van der Waals surface area (Å²) in [6.45, 7) is 1.53. The third-order valence-electron chi connectivity index (χ3n) is 1.48. The molecular weight excluding hydrogens is 114 g/mol.